The van der Waals surface area contributed by atoms with Gasteiger partial charge in [-0.3, -0.25) is 4.79 Å². The molecule has 8 heteroatoms. The van der Waals surface area contributed by atoms with Crippen molar-refractivity contribution in [3.63, 3.8) is 0 Å². The zero-order valence-electron chi connectivity index (χ0n) is 15.8. The van der Waals surface area contributed by atoms with Crippen molar-refractivity contribution in [3.05, 3.63) is 82.4 Å². The SMILES string of the molecule is Cc1ccc(CCNC(=O)c2cnn(-c3ccc(F)cc3)c2C(F)(F)F)c(C)c1. The van der Waals surface area contributed by atoms with Crippen molar-refractivity contribution >= 4 is 5.91 Å². The maximum Gasteiger partial charge on any atom is 0.434 e. The van der Waals surface area contributed by atoms with E-state index in [0.29, 0.717) is 11.1 Å². The lowest BCUT2D eigenvalue weighted by Crippen LogP contribution is -2.28. The number of carbonyl (C=O) groups is 1. The Bertz CT molecular complexity index is 1020. The van der Waals surface area contributed by atoms with Gasteiger partial charge in [0.2, 0.25) is 0 Å². The molecule has 1 heterocycles. The number of alkyl halides is 3. The van der Waals surface area contributed by atoms with Crippen LogP contribution < -0.4 is 5.32 Å². The number of halogens is 4. The van der Waals surface area contributed by atoms with Gasteiger partial charge in [0.1, 0.15) is 5.82 Å². The van der Waals surface area contributed by atoms with Crippen LogP contribution in [0.3, 0.4) is 0 Å². The summed E-state index contributed by atoms with van der Waals surface area (Å²) in [5, 5.41) is 6.23. The van der Waals surface area contributed by atoms with Gasteiger partial charge in [0.25, 0.3) is 5.91 Å². The molecule has 0 saturated carbocycles. The van der Waals surface area contributed by atoms with Gasteiger partial charge in [-0.1, -0.05) is 23.8 Å². The molecule has 4 nitrogen and oxygen atoms in total. The molecule has 0 aliphatic carbocycles. The molecule has 3 rings (SSSR count). The molecule has 0 aliphatic rings. The van der Waals surface area contributed by atoms with Crippen molar-refractivity contribution in [1.82, 2.24) is 15.1 Å². The molecule has 0 bridgehead atoms. The second kappa shape index (κ2) is 8.06. The average Bonchev–Trinajstić information content (AvgIpc) is 3.10. The molecular formula is C21H19F4N3O. The highest BCUT2D eigenvalue weighted by Crippen LogP contribution is 2.33. The third kappa shape index (κ3) is 4.64. The first-order chi connectivity index (χ1) is 13.7. The van der Waals surface area contributed by atoms with E-state index in [9.17, 15) is 22.4 Å². The number of aromatic nitrogens is 2. The largest absolute Gasteiger partial charge is 0.434 e. The standard InChI is InChI=1S/C21H19F4N3O/c1-13-3-4-15(14(2)11-13)9-10-26-20(29)18-12-27-28(19(18)21(23,24)25)17-7-5-16(22)6-8-17/h3-8,11-12H,9-10H2,1-2H3,(H,26,29). The molecule has 0 saturated heterocycles. The molecule has 0 fully saturated rings. The monoisotopic (exact) mass is 405 g/mol. The van der Waals surface area contributed by atoms with Crippen LogP contribution in [0, 0.1) is 19.7 Å². The highest BCUT2D eigenvalue weighted by Gasteiger charge is 2.40. The van der Waals surface area contributed by atoms with Crippen molar-refractivity contribution in [2.75, 3.05) is 6.54 Å². The Labute approximate surface area is 165 Å². The zero-order chi connectivity index (χ0) is 21.2. The third-order valence-corrected chi connectivity index (χ3v) is 4.53. The molecule has 0 atom stereocenters. The fourth-order valence-corrected chi connectivity index (χ4v) is 3.10. The van der Waals surface area contributed by atoms with Gasteiger partial charge in [0.15, 0.2) is 5.69 Å². The van der Waals surface area contributed by atoms with Gasteiger partial charge >= 0.3 is 6.18 Å². The fourth-order valence-electron chi connectivity index (χ4n) is 3.10. The minimum absolute atomic E-state index is 0.00746. The lowest BCUT2D eigenvalue weighted by molar-refractivity contribution is -0.143. The lowest BCUT2D eigenvalue weighted by Gasteiger charge is -2.13. The molecule has 29 heavy (non-hydrogen) atoms. The zero-order valence-corrected chi connectivity index (χ0v) is 15.8. The van der Waals surface area contributed by atoms with Crippen LogP contribution in [0.4, 0.5) is 17.6 Å². The summed E-state index contributed by atoms with van der Waals surface area (Å²) in [6, 6.07) is 10.3. The van der Waals surface area contributed by atoms with Gasteiger partial charge in [-0.2, -0.15) is 18.3 Å². The normalized spacial score (nSPS) is 11.5. The van der Waals surface area contributed by atoms with E-state index in [4.69, 9.17) is 0 Å². The number of hydrogen-bond donors (Lipinski definition) is 1. The van der Waals surface area contributed by atoms with E-state index >= 15 is 0 Å². The smallest absolute Gasteiger partial charge is 0.352 e. The molecule has 0 aliphatic heterocycles. The Kier molecular flexibility index (Phi) is 5.72. The number of hydrogen-bond acceptors (Lipinski definition) is 2. The maximum atomic E-state index is 13.6. The number of amides is 1. The van der Waals surface area contributed by atoms with Gasteiger partial charge in [-0.15, -0.1) is 0 Å². The van der Waals surface area contributed by atoms with E-state index in [-0.39, 0.29) is 12.2 Å². The van der Waals surface area contributed by atoms with Gasteiger partial charge in [0.05, 0.1) is 17.4 Å². The minimum Gasteiger partial charge on any atom is -0.352 e. The maximum absolute atomic E-state index is 13.6. The topological polar surface area (TPSA) is 46.9 Å². The highest BCUT2D eigenvalue weighted by atomic mass is 19.4. The number of nitrogens with one attached hydrogen (secondary N) is 1. The van der Waals surface area contributed by atoms with Crippen LogP contribution in [0.15, 0.2) is 48.7 Å². The molecule has 1 amide bonds. The Morgan fingerprint density at radius 2 is 1.79 bits per heavy atom. The molecule has 152 valence electrons. The fraction of sp³-hybridized carbons (Fsp3) is 0.238. The number of benzene rings is 2. The van der Waals surface area contributed by atoms with Crippen LogP contribution >= 0.6 is 0 Å². The first-order valence-electron chi connectivity index (χ1n) is 8.92. The molecule has 0 radical (unpaired) electrons. The summed E-state index contributed by atoms with van der Waals surface area (Å²) < 4.78 is 54.6. The summed E-state index contributed by atoms with van der Waals surface area (Å²) in [4.78, 5) is 12.4. The van der Waals surface area contributed by atoms with Crippen LogP contribution in [0.1, 0.15) is 32.7 Å². The van der Waals surface area contributed by atoms with Crippen molar-refractivity contribution in [3.8, 4) is 5.69 Å². The first-order valence-corrected chi connectivity index (χ1v) is 8.92. The van der Waals surface area contributed by atoms with Crippen LogP contribution in [0.5, 0.6) is 0 Å². The van der Waals surface area contributed by atoms with Gasteiger partial charge in [-0.25, -0.2) is 9.07 Å². The summed E-state index contributed by atoms with van der Waals surface area (Å²) in [5.41, 5.74) is 1.40. The lowest BCUT2D eigenvalue weighted by atomic mass is 10.0. The van der Waals surface area contributed by atoms with Crippen molar-refractivity contribution in [2.24, 2.45) is 0 Å². The second-order valence-electron chi connectivity index (χ2n) is 6.73. The predicted molar refractivity (Wildman–Crippen MR) is 100 cm³/mol. The molecule has 0 unspecified atom stereocenters. The van der Waals surface area contributed by atoms with E-state index in [1.165, 1.54) is 12.1 Å². The van der Waals surface area contributed by atoms with E-state index < -0.39 is 29.2 Å². The van der Waals surface area contributed by atoms with Gasteiger partial charge < -0.3 is 5.32 Å². The molecule has 3 aromatic rings. The van der Waals surface area contributed by atoms with E-state index in [1.54, 1.807) is 0 Å². The van der Waals surface area contributed by atoms with E-state index in [2.05, 4.69) is 10.4 Å². The van der Waals surface area contributed by atoms with Crippen LogP contribution in [0.25, 0.3) is 5.69 Å². The molecule has 1 N–H and O–H groups in total. The Morgan fingerprint density at radius 3 is 2.41 bits per heavy atom. The molecule has 2 aromatic carbocycles. The van der Waals surface area contributed by atoms with Gasteiger partial charge in [-0.05, 0) is 55.7 Å². The molecular weight excluding hydrogens is 386 g/mol. The summed E-state index contributed by atoms with van der Waals surface area (Å²) in [6.45, 7) is 4.09. The summed E-state index contributed by atoms with van der Waals surface area (Å²) >= 11 is 0. The van der Waals surface area contributed by atoms with Crippen molar-refractivity contribution in [1.29, 1.82) is 0 Å². The van der Waals surface area contributed by atoms with E-state index in [1.807, 2.05) is 32.0 Å². The minimum atomic E-state index is -4.81. The summed E-state index contributed by atoms with van der Waals surface area (Å²) in [6.07, 6.45) is -3.45. The van der Waals surface area contributed by atoms with Gasteiger partial charge in [0, 0.05) is 6.54 Å². The Hall–Kier alpha value is -3.16. The van der Waals surface area contributed by atoms with Crippen molar-refractivity contribution in [2.45, 2.75) is 26.4 Å². The van der Waals surface area contributed by atoms with Crippen LogP contribution in [-0.4, -0.2) is 22.2 Å². The second-order valence-corrected chi connectivity index (χ2v) is 6.73. The molecule has 0 spiro atoms. The number of nitrogens with zero attached hydrogens (tertiary/aromatic N) is 2. The highest BCUT2D eigenvalue weighted by molar-refractivity contribution is 5.95. The van der Waals surface area contributed by atoms with Crippen LogP contribution in [0.2, 0.25) is 0 Å². The summed E-state index contributed by atoms with van der Waals surface area (Å²) in [7, 11) is 0. The quantitative estimate of drug-likeness (QED) is 0.630. The number of carbonyl (C=O) groups excluding carboxylic acids is 1. The van der Waals surface area contributed by atoms with Crippen molar-refractivity contribution < 1.29 is 22.4 Å². The Balaban J connectivity index is 1.80. The number of rotatable bonds is 5. The molecule has 1 aromatic heterocycles. The average molecular weight is 405 g/mol. The Morgan fingerprint density at radius 1 is 1.10 bits per heavy atom. The van der Waals surface area contributed by atoms with E-state index in [0.717, 1.165) is 35.0 Å². The van der Waals surface area contributed by atoms with Crippen LogP contribution in [-0.2, 0) is 12.6 Å². The first kappa shape index (κ1) is 20.6. The summed E-state index contributed by atoms with van der Waals surface area (Å²) in [5.74, 6) is -1.45. The third-order valence-electron chi connectivity index (χ3n) is 4.53. The predicted octanol–water partition coefficient (Wildman–Crippen LogP) is 4.62. The number of aryl methyl sites for hydroxylation is 2.